The quantitative estimate of drug-likeness (QED) is 0.933. The molecule has 3 heterocycles. The summed E-state index contributed by atoms with van der Waals surface area (Å²) in [5, 5.41) is 8.21. The van der Waals surface area contributed by atoms with Crippen LogP contribution in [0.15, 0.2) is 12.3 Å². The SMILES string of the molecule is Cc1cnc(C(C)NC(=O)c2cc3n(n2)CCC3)s1. The lowest BCUT2D eigenvalue weighted by Crippen LogP contribution is -2.27. The molecular weight excluding hydrogens is 260 g/mol. The molecule has 0 saturated heterocycles. The van der Waals surface area contributed by atoms with E-state index in [2.05, 4.69) is 15.4 Å². The molecule has 0 spiro atoms. The molecule has 2 aromatic rings. The third kappa shape index (κ3) is 2.40. The third-order valence-corrected chi connectivity index (χ3v) is 4.35. The van der Waals surface area contributed by atoms with Gasteiger partial charge in [0.15, 0.2) is 0 Å². The fraction of sp³-hybridized carbons (Fsp3) is 0.462. The van der Waals surface area contributed by atoms with E-state index in [0.717, 1.165) is 35.0 Å². The molecule has 5 nitrogen and oxygen atoms in total. The molecule has 0 radical (unpaired) electrons. The van der Waals surface area contributed by atoms with Crippen molar-refractivity contribution in [3.63, 3.8) is 0 Å². The minimum absolute atomic E-state index is 0.0808. The lowest BCUT2D eigenvalue weighted by molar-refractivity contribution is 0.0934. The van der Waals surface area contributed by atoms with Crippen molar-refractivity contribution >= 4 is 17.2 Å². The van der Waals surface area contributed by atoms with E-state index in [-0.39, 0.29) is 11.9 Å². The van der Waals surface area contributed by atoms with E-state index in [9.17, 15) is 4.79 Å². The van der Waals surface area contributed by atoms with E-state index in [0.29, 0.717) is 5.69 Å². The van der Waals surface area contributed by atoms with Crippen LogP contribution in [-0.2, 0) is 13.0 Å². The van der Waals surface area contributed by atoms with Gasteiger partial charge < -0.3 is 5.32 Å². The molecule has 19 heavy (non-hydrogen) atoms. The molecule has 0 bridgehead atoms. The number of nitrogens with one attached hydrogen (secondary N) is 1. The van der Waals surface area contributed by atoms with Crippen molar-refractivity contribution in [2.24, 2.45) is 0 Å². The highest BCUT2D eigenvalue weighted by Crippen LogP contribution is 2.20. The van der Waals surface area contributed by atoms with Crippen molar-refractivity contribution in [2.45, 2.75) is 39.3 Å². The predicted molar refractivity (Wildman–Crippen MR) is 73.3 cm³/mol. The normalized spacial score (nSPS) is 15.3. The van der Waals surface area contributed by atoms with Crippen molar-refractivity contribution in [3.8, 4) is 0 Å². The first kappa shape index (κ1) is 12.3. The van der Waals surface area contributed by atoms with Gasteiger partial charge in [-0.15, -0.1) is 11.3 Å². The molecule has 1 amide bonds. The van der Waals surface area contributed by atoms with Gasteiger partial charge in [-0.3, -0.25) is 9.48 Å². The zero-order valence-corrected chi connectivity index (χ0v) is 11.8. The molecule has 0 aromatic carbocycles. The van der Waals surface area contributed by atoms with Crippen molar-refractivity contribution in [1.82, 2.24) is 20.1 Å². The number of carbonyl (C=O) groups excluding carboxylic acids is 1. The Hall–Kier alpha value is -1.69. The van der Waals surface area contributed by atoms with Gasteiger partial charge in [0, 0.05) is 23.3 Å². The van der Waals surface area contributed by atoms with Gasteiger partial charge in [0.1, 0.15) is 10.7 Å². The van der Waals surface area contributed by atoms with E-state index in [1.54, 1.807) is 11.3 Å². The molecule has 1 aliphatic heterocycles. The maximum absolute atomic E-state index is 12.1. The average Bonchev–Trinajstić information content (AvgIpc) is 3.02. The molecular formula is C13H16N4OS. The van der Waals surface area contributed by atoms with Crippen LogP contribution in [0.3, 0.4) is 0 Å². The number of fused-ring (bicyclic) bond motifs is 1. The van der Waals surface area contributed by atoms with Crippen LogP contribution in [0.5, 0.6) is 0 Å². The number of nitrogens with zero attached hydrogens (tertiary/aromatic N) is 3. The monoisotopic (exact) mass is 276 g/mol. The fourth-order valence-corrected chi connectivity index (χ4v) is 3.05. The number of carbonyl (C=O) groups is 1. The Morgan fingerprint density at radius 2 is 2.42 bits per heavy atom. The smallest absolute Gasteiger partial charge is 0.272 e. The Morgan fingerprint density at radius 1 is 1.58 bits per heavy atom. The predicted octanol–water partition coefficient (Wildman–Crippen LogP) is 2.09. The van der Waals surface area contributed by atoms with E-state index < -0.39 is 0 Å². The maximum Gasteiger partial charge on any atom is 0.272 e. The Kier molecular flexibility index (Phi) is 3.10. The maximum atomic E-state index is 12.1. The van der Waals surface area contributed by atoms with Crippen molar-refractivity contribution in [2.75, 3.05) is 0 Å². The Labute approximate surface area is 115 Å². The number of thiazole rings is 1. The zero-order valence-electron chi connectivity index (χ0n) is 11.0. The fourth-order valence-electron chi connectivity index (χ4n) is 2.28. The summed E-state index contributed by atoms with van der Waals surface area (Å²) < 4.78 is 1.92. The van der Waals surface area contributed by atoms with Gasteiger partial charge in [0.05, 0.1) is 6.04 Å². The summed E-state index contributed by atoms with van der Waals surface area (Å²) in [5.41, 5.74) is 1.66. The van der Waals surface area contributed by atoms with Crippen molar-refractivity contribution in [3.05, 3.63) is 33.5 Å². The summed E-state index contributed by atoms with van der Waals surface area (Å²) in [6, 6.07) is 1.81. The van der Waals surface area contributed by atoms with Crippen molar-refractivity contribution < 1.29 is 4.79 Å². The second-order valence-electron chi connectivity index (χ2n) is 4.85. The van der Waals surface area contributed by atoms with E-state index in [4.69, 9.17) is 0 Å². The summed E-state index contributed by atoms with van der Waals surface area (Å²) >= 11 is 1.61. The highest BCUT2D eigenvalue weighted by atomic mass is 32.1. The van der Waals surface area contributed by atoms with Crippen LogP contribution >= 0.6 is 11.3 Å². The van der Waals surface area contributed by atoms with Crippen LogP contribution in [0.25, 0.3) is 0 Å². The van der Waals surface area contributed by atoms with Crippen LogP contribution in [0.2, 0.25) is 0 Å². The molecule has 6 heteroatoms. The van der Waals surface area contributed by atoms with Crippen LogP contribution in [-0.4, -0.2) is 20.7 Å². The summed E-state index contributed by atoms with van der Waals surface area (Å²) in [5.74, 6) is -0.123. The molecule has 1 unspecified atom stereocenters. The molecule has 1 atom stereocenters. The molecule has 0 saturated carbocycles. The van der Waals surface area contributed by atoms with Crippen molar-refractivity contribution in [1.29, 1.82) is 0 Å². The average molecular weight is 276 g/mol. The number of hydrogen-bond donors (Lipinski definition) is 1. The Morgan fingerprint density at radius 3 is 3.11 bits per heavy atom. The first-order valence-electron chi connectivity index (χ1n) is 6.43. The van der Waals surface area contributed by atoms with Gasteiger partial charge in [0.25, 0.3) is 5.91 Å². The van der Waals surface area contributed by atoms with E-state index >= 15 is 0 Å². The number of rotatable bonds is 3. The van der Waals surface area contributed by atoms with Gasteiger partial charge in [-0.2, -0.15) is 5.10 Å². The van der Waals surface area contributed by atoms with Gasteiger partial charge in [-0.25, -0.2) is 4.98 Å². The highest BCUT2D eigenvalue weighted by Gasteiger charge is 2.20. The van der Waals surface area contributed by atoms with Gasteiger partial charge in [-0.05, 0) is 32.8 Å². The van der Waals surface area contributed by atoms with Gasteiger partial charge >= 0.3 is 0 Å². The highest BCUT2D eigenvalue weighted by molar-refractivity contribution is 7.11. The molecule has 0 fully saturated rings. The van der Waals surface area contributed by atoms with Crippen LogP contribution in [0, 0.1) is 6.92 Å². The van der Waals surface area contributed by atoms with Crippen LogP contribution < -0.4 is 5.32 Å². The lowest BCUT2D eigenvalue weighted by Gasteiger charge is -2.09. The van der Waals surface area contributed by atoms with Crippen LogP contribution in [0.4, 0.5) is 0 Å². The largest absolute Gasteiger partial charge is 0.342 e. The molecule has 100 valence electrons. The lowest BCUT2D eigenvalue weighted by atomic mass is 10.2. The van der Waals surface area contributed by atoms with Gasteiger partial charge in [-0.1, -0.05) is 0 Å². The molecule has 2 aromatic heterocycles. The third-order valence-electron chi connectivity index (χ3n) is 3.26. The molecule has 3 rings (SSSR count). The number of aryl methyl sites for hydroxylation is 3. The topological polar surface area (TPSA) is 59.8 Å². The Balaban J connectivity index is 1.70. The molecule has 1 N–H and O–H groups in total. The van der Waals surface area contributed by atoms with E-state index in [1.165, 1.54) is 0 Å². The summed E-state index contributed by atoms with van der Waals surface area (Å²) in [7, 11) is 0. The summed E-state index contributed by atoms with van der Waals surface area (Å²) in [6.07, 6.45) is 3.97. The number of aromatic nitrogens is 3. The first-order valence-corrected chi connectivity index (χ1v) is 7.25. The second kappa shape index (κ2) is 4.77. The molecule has 1 aliphatic rings. The molecule has 0 aliphatic carbocycles. The number of amides is 1. The summed E-state index contributed by atoms with van der Waals surface area (Å²) in [6.45, 7) is 4.87. The Bertz CT molecular complexity index is 594. The zero-order chi connectivity index (χ0) is 13.4. The van der Waals surface area contributed by atoms with E-state index in [1.807, 2.05) is 30.8 Å². The van der Waals surface area contributed by atoms with Gasteiger partial charge in [0.2, 0.25) is 0 Å². The standard InChI is InChI=1S/C13H16N4OS/c1-8-7-14-13(19-8)9(2)15-12(18)11-6-10-4-3-5-17(10)16-11/h6-7,9H,3-5H2,1-2H3,(H,15,18). The first-order chi connectivity index (χ1) is 9.13. The second-order valence-corrected chi connectivity index (χ2v) is 6.12. The van der Waals surface area contributed by atoms with Crippen LogP contribution in [0.1, 0.15) is 45.5 Å². The summed E-state index contributed by atoms with van der Waals surface area (Å²) in [4.78, 5) is 17.6. The minimum Gasteiger partial charge on any atom is -0.342 e. The minimum atomic E-state index is -0.123. The number of hydrogen-bond acceptors (Lipinski definition) is 4.